The number of amides is 2. The average Bonchev–Trinajstić information content (AvgIpc) is 2.94. The van der Waals surface area contributed by atoms with Gasteiger partial charge in [0.15, 0.2) is 0 Å². The first-order valence-electron chi connectivity index (χ1n) is 5.40. The zero-order chi connectivity index (χ0) is 13.1. The minimum Gasteiger partial charge on any atom is -0.480 e. The molecule has 98 valence electrons. The number of aromatic nitrogens is 2. The number of carbonyl (C=O) groups is 2. The Morgan fingerprint density at radius 3 is 3.06 bits per heavy atom. The number of nitrogens with zero attached hydrogens (tertiary/aromatic N) is 3. The van der Waals surface area contributed by atoms with Crippen LogP contribution in [-0.2, 0) is 18.4 Å². The second-order valence-corrected chi connectivity index (χ2v) is 5.00. The third-order valence-corrected chi connectivity index (χ3v) is 3.64. The van der Waals surface area contributed by atoms with Crippen LogP contribution in [0.5, 0.6) is 0 Å². The van der Waals surface area contributed by atoms with E-state index in [1.807, 2.05) is 0 Å². The van der Waals surface area contributed by atoms with E-state index in [1.165, 1.54) is 16.7 Å². The summed E-state index contributed by atoms with van der Waals surface area (Å²) in [6.07, 6.45) is 3.46. The van der Waals surface area contributed by atoms with Crippen molar-refractivity contribution in [3.63, 3.8) is 0 Å². The molecule has 2 heterocycles. The van der Waals surface area contributed by atoms with Crippen molar-refractivity contribution in [1.82, 2.24) is 20.0 Å². The van der Waals surface area contributed by atoms with Gasteiger partial charge in [0, 0.05) is 31.1 Å². The van der Waals surface area contributed by atoms with E-state index in [9.17, 15) is 9.59 Å². The van der Waals surface area contributed by atoms with Gasteiger partial charge >= 0.3 is 12.0 Å². The van der Waals surface area contributed by atoms with Gasteiger partial charge in [-0.1, -0.05) is 0 Å². The van der Waals surface area contributed by atoms with E-state index in [0.717, 1.165) is 5.56 Å². The molecule has 1 aromatic rings. The Balaban J connectivity index is 1.89. The first-order valence-corrected chi connectivity index (χ1v) is 6.56. The van der Waals surface area contributed by atoms with Gasteiger partial charge in [-0.25, -0.2) is 9.59 Å². The molecule has 1 atom stereocenters. The molecular formula is C10H14N4O3S. The summed E-state index contributed by atoms with van der Waals surface area (Å²) in [5, 5.41) is 15.7. The fraction of sp³-hybridized carbons (Fsp3) is 0.500. The molecule has 0 aliphatic carbocycles. The van der Waals surface area contributed by atoms with Gasteiger partial charge in [0.1, 0.15) is 6.04 Å². The SMILES string of the molecule is Cn1cc(CNC(=O)N2CSCC2C(=O)O)cn1. The van der Waals surface area contributed by atoms with Crippen molar-refractivity contribution in [1.29, 1.82) is 0 Å². The molecule has 2 N–H and O–H groups in total. The number of carboxylic acids is 1. The highest BCUT2D eigenvalue weighted by Gasteiger charge is 2.34. The molecule has 8 heteroatoms. The highest BCUT2D eigenvalue weighted by molar-refractivity contribution is 7.99. The molecule has 1 fully saturated rings. The Labute approximate surface area is 108 Å². The maximum Gasteiger partial charge on any atom is 0.327 e. The molecule has 1 aliphatic heterocycles. The van der Waals surface area contributed by atoms with Gasteiger partial charge in [-0.3, -0.25) is 4.68 Å². The van der Waals surface area contributed by atoms with E-state index >= 15 is 0 Å². The smallest absolute Gasteiger partial charge is 0.327 e. The van der Waals surface area contributed by atoms with Gasteiger partial charge < -0.3 is 15.3 Å². The van der Waals surface area contributed by atoms with E-state index in [1.54, 1.807) is 24.1 Å². The lowest BCUT2D eigenvalue weighted by atomic mass is 10.3. The monoisotopic (exact) mass is 270 g/mol. The molecule has 0 bridgehead atoms. The predicted molar refractivity (Wildman–Crippen MR) is 66.0 cm³/mol. The molecule has 2 amide bonds. The molecule has 0 spiro atoms. The molecule has 0 saturated carbocycles. The number of carbonyl (C=O) groups excluding carboxylic acids is 1. The zero-order valence-electron chi connectivity index (χ0n) is 9.87. The molecule has 1 unspecified atom stereocenters. The van der Waals surface area contributed by atoms with Crippen molar-refractivity contribution in [3.8, 4) is 0 Å². The summed E-state index contributed by atoms with van der Waals surface area (Å²) < 4.78 is 1.65. The van der Waals surface area contributed by atoms with Crippen molar-refractivity contribution >= 4 is 23.8 Å². The third kappa shape index (κ3) is 2.76. The average molecular weight is 270 g/mol. The number of aryl methyl sites for hydroxylation is 1. The van der Waals surface area contributed by atoms with Gasteiger partial charge in [-0.15, -0.1) is 11.8 Å². The first-order chi connectivity index (χ1) is 8.58. The fourth-order valence-corrected chi connectivity index (χ4v) is 2.83. The van der Waals surface area contributed by atoms with Crippen molar-refractivity contribution < 1.29 is 14.7 Å². The van der Waals surface area contributed by atoms with Gasteiger partial charge in [0.25, 0.3) is 0 Å². The van der Waals surface area contributed by atoms with E-state index < -0.39 is 12.0 Å². The van der Waals surface area contributed by atoms with Gasteiger partial charge in [-0.05, 0) is 0 Å². The lowest BCUT2D eigenvalue weighted by molar-refractivity contribution is -0.140. The topological polar surface area (TPSA) is 87.5 Å². The van der Waals surface area contributed by atoms with Crippen LogP contribution in [-0.4, -0.2) is 49.5 Å². The second-order valence-electron chi connectivity index (χ2n) is 4.00. The third-order valence-electron chi connectivity index (χ3n) is 2.63. The van der Waals surface area contributed by atoms with Crippen LogP contribution < -0.4 is 5.32 Å². The molecule has 1 aromatic heterocycles. The number of urea groups is 1. The molecular weight excluding hydrogens is 256 g/mol. The standard InChI is InChI=1S/C10H14N4O3S/c1-13-4-7(3-12-13)2-11-10(17)14-6-18-5-8(14)9(15)16/h3-4,8H,2,5-6H2,1H3,(H,11,17)(H,15,16). The van der Waals surface area contributed by atoms with Crippen LogP contribution in [0.2, 0.25) is 0 Å². The normalized spacial score (nSPS) is 18.9. The fourth-order valence-electron chi connectivity index (χ4n) is 1.69. The molecule has 2 rings (SSSR count). The summed E-state index contributed by atoms with van der Waals surface area (Å²) in [7, 11) is 1.79. The molecule has 0 radical (unpaired) electrons. The number of carboxylic acid groups (broad SMARTS) is 1. The van der Waals surface area contributed by atoms with Crippen LogP contribution in [0.1, 0.15) is 5.56 Å². The molecule has 18 heavy (non-hydrogen) atoms. The summed E-state index contributed by atoms with van der Waals surface area (Å²) in [5.41, 5.74) is 0.879. The number of hydrogen-bond acceptors (Lipinski definition) is 4. The molecule has 7 nitrogen and oxygen atoms in total. The van der Waals surface area contributed by atoms with Crippen molar-refractivity contribution in [3.05, 3.63) is 18.0 Å². The van der Waals surface area contributed by atoms with Crippen LogP contribution >= 0.6 is 11.8 Å². The predicted octanol–water partition coefficient (Wildman–Crippen LogP) is 0.0892. The highest BCUT2D eigenvalue weighted by Crippen LogP contribution is 2.20. The molecule has 1 saturated heterocycles. The van der Waals surface area contributed by atoms with Gasteiger partial charge in [-0.2, -0.15) is 5.10 Å². The Hall–Kier alpha value is -1.70. The molecule has 1 aliphatic rings. The van der Waals surface area contributed by atoms with Crippen molar-refractivity contribution in [2.75, 3.05) is 11.6 Å². The highest BCUT2D eigenvalue weighted by atomic mass is 32.2. The quantitative estimate of drug-likeness (QED) is 0.812. The van der Waals surface area contributed by atoms with E-state index in [0.29, 0.717) is 18.2 Å². The number of aliphatic carboxylic acids is 1. The number of thioether (sulfide) groups is 1. The van der Waals surface area contributed by atoms with Crippen molar-refractivity contribution in [2.45, 2.75) is 12.6 Å². The number of rotatable bonds is 3. The Morgan fingerprint density at radius 1 is 1.67 bits per heavy atom. The minimum absolute atomic E-state index is 0.347. The number of hydrogen-bond donors (Lipinski definition) is 2. The first kappa shape index (κ1) is 12.7. The van der Waals surface area contributed by atoms with Crippen LogP contribution in [0.3, 0.4) is 0 Å². The Morgan fingerprint density at radius 2 is 2.44 bits per heavy atom. The lowest BCUT2D eigenvalue weighted by Crippen LogP contribution is -2.46. The Bertz CT molecular complexity index is 462. The summed E-state index contributed by atoms with van der Waals surface area (Å²) in [6.45, 7) is 0.347. The van der Waals surface area contributed by atoms with E-state index in [2.05, 4.69) is 10.4 Å². The van der Waals surface area contributed by atoms with Crippen LogP contribution in [0, 0.1) is 0 Å². The van der Waals surface area contributed by atoms with Gasteiger partial charge in [0.2, 0.25) is 0 Å². The lowest BCUT2D eigenvalue weighted by Gasteiger charge is -2.20. The largest absolute Gasteiger partial charge is 0.480 e. The zero-order valence-corrected chi connectivity index (χ0v) is 10.7. The van der Waals surface area contributed by atoms with Crippen LogP contribution in [0.15, 0.2) is 12.4 Å². The Kier molecular flexibility index (Phi) is 3.75. The summed E-state index contributed by atoms with van der Waals surface area (Å²) in [6, 6.07) is -1.08. The summed E-state index contributed by atoms with van der Waals surface area (Å²) in [5.74, 6) is -0.109. The van der Waals surface area contributed by atoms with Crippen LogP contribution in [0.25, 0.3) is 0 Å². The van der Waals surface area contributed by atoms with E-state index in [4.69, 9.17) is 5.11 Å². The van der Waals surface area contributed by atoms with Gasteiger partial charge in [0.05, 0.1) is 12.1 Å². The van der Waals surface area contributed by atoms with Crippen LogP contribution in [0.4, 0.5) is 4.79 Å². The second kappa shape index (κ2) is 5.30. The maximum absolute atomic E-state index is 11.9. The number of nitrogens with one attached hydrogen (secondary N) is 1. The summed E-state index contributed by atoms with van der Waals surface area (Å²) in [4.78, 5) is 24.1. The minimum atomic E-state index is -0.962. The van der Waals surface area contributed by atoms with E-state index in [-0.39, 0.29) is 6.03 Å². The molecule has 0 aromatic carbocycles. The van der Waals surface area contributed by atoms with Crippen molar-refractivity contribution in [2.24, 2.45) is 7.05 Å². The summed E-state index contributed by atoms with van der Waals surface area (Å²) >= 11 is 1.44. The maximum atomic E-state index is 11.9.